The zero-order valence-electron chi connectivity index (χ0n) is 9.91. The monoisotopic (exact) mass is 236 g/mol. The molecule has 0 saturated heterocycles. The van der Waals surface area contributed by atoms with E-state index in [1.807, 2.05) is 5.51 Å². The summed E-state index contributed by atoms with van der Waals surface area (Å²) in [6.45, 7) is 4.48. The fourth-order valence-electron chi connectivity index (χ4n) is 3.46. The van der Waals surface area contributed by atoms with Crippen molar-refractivity contribution in [3.63, 3.8) is 0 Å². The van der Waals surface area contributed by atoms with E-state index in [-0.39, 0.29) is 0 Å². The Kier molecular flexibility index (Phi) is 2.76. The second-order valence-corrected chi connectivity index (χ2v) is 6.32. The summed E-state index contributed by atoms with van der Waals surface area (Å²) in [7, 11) is 0. The minimum absolute atomic E-state index is 0.525. The predicted molar refractivity (Wildman–Crippen MR) is 67.6 cm³/mol. The molecule has 1 heterocycles. The van der Waals surface area contributed by atoms with Gasteiger partial charge in [0, 0.05) is 11.9 Å². The van der Waals surface area contributed by atoms with Crippen LogP contribution in [0.25, 0.3) is 0 Å². The number of hydrogen-bond acceptors (Lipinski definition) is 3. The summed E-state index contributed by atoms with van der Waals surface area (Å²) in [5.41, 5.74) is 3.80. The van der Waals surface area contributed by atoms with E-state index in [2.05, 4.69) is 22.6 Å². The molecule has 0 amide bonds. The first-order valence-electron chi connectivity index (χ1n) is 6.39. The number of nitrogens with one attached hydrogen (secondary N) is 1. The van der Waals surface area contributed by atoms with E-state index in [4.69, 9.17) is 0 Å². The van der Waals surface area contributed by atoms with Crippen molar-refractivity contribution in [2.75, 3.05) is 13.1 Å². The Morgan fingerprint density at radius 1 is 1.50 bits per heavy atom. The second kappa shape index (κ2) is 4.11. The summed E-state index contributed by atoms with van der Waals surface area (Å²) < 4.78 is 0. The first-order valence-corrected chi connectivity index (χ1v) is 7.33. The molecule has 2 atom stereocenters. The van der Waals surface area contributed by atoms with Gasteiger partial charge in [-0.25, -0.2) is 4.98 Å². The fraction of sp³-hybridized carbons (Fsp3) is 0.769. The predicted octanol–water partition coefficient (Wildman–Crippen LogP) is 2.71. The van der Waals surface area contributed by atoms with Crippen LogP contribution in [0.3, 0.4) is 0 Å². The molecule has 0 bridgehead atoms. The molecule has 2 fully saturated rings. The first-order chi connectivity index (χ1) is 7.81. The zero-order valence-corrected chi connectivity index (χ0v) is 10.7. The number of fused-ring (bicyclic) bond motifs is 1. The zero-order chi connectivity index (χ0) is 11.0. The van der Waals surface area contributed by atoms with Crippen molar-refractivity contribution >= 4 is 11.3 Å². The molecule has 2 saturated carbocycles. The van der Waals surface area contributed by atoms with Gasteiger partial charge in [-0.1, -0.05) is 6.92 Å². The van der Waals surface area contributed by atoms with Crippen LogP contribution in [0.4, 0.5) is 0 Å². The Labute approximate surface area is 101 Å². The third kappa shape index (κ3) is 2.03. The van der Waals surface area contributed by atoms with Gasteiger partial charge in [-0.2, -0.15) is 0 Å². The fourth-order valence-corrected chi connectivity index (χ4v) is 4.01. The maximum atomic E-state index is 4.46. The van der Waals surface area contributed by atoms with Crippen LogP contribution < -0.4 is 5.32 Å². The van der Waals surface area contributed by atoms with E-state index in [1.165, 1.54) is 37.9 Å². The number of nitrogens with zero attached hydrogens (tertiary/aromatic N) is 1. The normalized spacial score (nSPS) is 36.3. The molecule has 0 aromatic carbocycles. The molecule has 3 rings (SSSR count). The third-order valence-electron chi connectivity index (χ3n) is 4.25. The van der Waals surface area contributed by atoms with Gasteiger partial charge in [0.05, 0.1) is 11.2 Å². The molecule has 0 aliphatic heterocycles. The number of rotatable bonds is 5. The number of aromatic nitrogens is 1. The summed E-state index contributed by atoms with van der Waals surface area (Å²) in [6, 6.07) is 0. The third-order valence-corrected chi connectivity index (χ3v) is 4.88. The van der Waals surface area contributed by atoms with Crippen molar-refractivity contribution in [2.24, 2.45) is 17.3 Å². The summed E-state index contributed by atoms with van der Waals surface area (Å²) in [4.78, 5) is 4.46. The Hall–Kier alpha value is -0.410. The smallest absolute Gasteiger partial charge is 0.0794 e. The summed E-state index contributed by atoms with van der Waals surface area (Å²) in [6.07, 6.45) is 5.56. The van der Waals surface area contributed by atoms with E-state index >= 15 is 0 Å². The molecule has 2 aliphatic rings. The molecule has 3 heteroatoms. The van der Waals surface area contributed by atoms with E-state index < -0.39 is 0 Å². The SMILES string of the molecule is CCNCC1(Cc2cscn2)CC2CC2C1. The lowest BCUT2D eigenvalue weighted by Crippen LogP contribution is -2.35. The minimum atomic E-state index is 0.525. The molecule has 2 nitrogen and oxygen atoms in total. The topological polar surface area (TPSA) is 24.9 Å². The molecular weight excluding hydrogens is 216 g/mol. The van der Waals surface area contributed by atoms with Gasteiger partial charge >= 0.3 is 0 Å². The largest absolute Gasteiger partial charge is 0.316 e. The van der Waals surface area contributed by atoms with Crippen LogP contribution in [0.2, 0.25) is 0 Å². The van der Waals surface area contributed by atoms with Gasteiger partial charge in [0.2, 0.25) is 0 Å². The molecule has 16 heavy (non-hydrogen) atoms. The molecule has 2 unspecified atom stereocenters. The van der Waals surface area contributed by atoms with Crippen LogP contribution in [-0.4, -0.2) is 18.1 Å². The molecule has 0 spiro atoms. The number of thiazole rings is 1. The van der Waals surface area contributed by atoms with Gasteiger partial charge in [0.1, 0.15) is 0 Å². The average molecular weight is 236 g/mol. The van der Waals surface area contributed by atoms with Crippen LogP contribution >= 0.6 is 11.3 Å². The second-order valence-electron chi connectivity index (χ2n) is 5.60. The van der Waals surface area contributed by atoms with Gasteiger partial charge in [0.15, 0.2) is 0 Å². The summed E-state index contributed by atoms with van der Waals surface area (Å²) in [5.74, 6) is 2.11. The van der Waals surface area contributed by atoms with Crippen LogP contribution in [-0.2, 0) is 6.42 Å². The number of hydrogen-bond donors (Lipinski definition) is 1. The highest BCUT2D eigenvalue weighted by Crippen LogP contribution is 2.60. The molecule has 1 aromatic rings. The van der Waals surface area contributed by atoms with E-state index in [1.54, 1.807) is 11.3 Å². The van der Waals surface area contributed by atoms with Crippen molar-refractivity contribution in [1.82, 2.24) is 10.3 Å². The lowest BCUT2D eigenvalue weighted by atomic mass is 9.79. The molecule has 1 aromatic heterocycles. The lowest BCUT2D eigenvalue weighted by molar-refractivity contribution is 0.248. The van der Waals surface area contributed by atoms with Gasteiger partial charge in [-0.3, -0.25) is 0 Å². The highest BCUT2D eigenvalue weighted by Gasteiger charge is 2.53. The first kappa shape index (κ1) is 10.7. The van der Waals surface area contributed by atoms with Crippen LogP contribution in [0.5, 0.6) is 0 Å². The van der Waals surface area contributed by atoms with E-state index in [0.29, 0.717) is 5.41 Å². The maximum Gasteiger partial charge on any atom is 0.0794 e. The highest BCUT2D eigenvalue weighted by molar-refractivity contribution is 7.07. The Balaban J connectivity index is 1.69. The maximum absolute atomic E-state index is 4.46. The average Bonchev–Trinajstić information content (AvgIpc) is 2.71. The van der Waals surface area contributed by atoms with Crippen molar-refractivity contribution in [3.8, 4) is 0 Å². The Morgan fingerprint density at radius 2 is 2.31 bits per heavy atom. The summed E-state index contributed by atoms with van der Waals surface area (Å²) in [5, 5.41) is 5.78. The van der Waals surface area contributed by atoms with Crippen LogP contribution in [0.1, 0.15) is 31.9 Å². The Morgan fingerprint density at radius 3 is 2.94 bits per heavy atom. The van der Waals surface area contributed by atoms with Gasteiger partial charge in [-0.05, 0) is 49.5 Å². The quantitative estimate of drug-likeness (QED) is 0.850. The molecule has 0 radical (unpaired) electrons. The van der Waals surface area contributed by atoms with Crippen molar-refractivity contribution in [3.05, 3.63) is 16.6 Å². The van der Waals surface area contributed by atoms with Crippen molar-refractivity contribution in [1.29, 1.82) is 0 Å². The van der Waals surface area contributed by atoms with Gasteiger partial charge < -0.3 is 5.32 Å². The van der Waals surface area contributed by atoms with Gasteiger partial charge in [-0.15, -0.1) is 11.3 Å². The van der Waals surface area contributed by atoms with E-state index in [9.17, 15) is 0 Å². The summed E-state index contributed by atoms with van der Waals surface area (Å²) >= 11 is 1.73. The van der Waals surface area contributed by atoms with Gasteiger partial charge in [0.25, 0.3) is 0 Å². The molecule has 1 N–H and O–H groups in total. The molecule has 88 valence electrons. The minimum Gasteiger partial charge on any atom is -0.316 e. The van der Waals surface area contributed by atoms with Crippen LogP contribution in [0, 0.1) is 17.3 Å². The molecular formula is C13H20N2S. The Bertz CT molecular complexity index is 337. The van der Waals surface area contributed by atoms with Crippen LogP contribution in [0.15, 0.2) is 10.9 Å². The van der Waals surface area contributed by atoms with Crippen molar-refractivity contribution < 1.29 is 0 Å². The van der Waals surface area contributed by atoms with E-state index in [0.717, 1.165) is 18.4 Å². The standard InChI is InChI=1S/C13H20N2S/c1-2-14-8-13(4-10-3-11(10)5-13)6-12-7-16-9-15-12/h7,9-11,14H,2-6,8H2,1H3. The lowest BCUT2D eigenvalue weighted by Gasteiger charge is -2.30. The van der Waals surface area contributed by atoms with Crippen molar-refractivity contribution in [2.45, 2.75) is 32.6 Å². The molecule has 2 aliphatic carbocycles. The highest BCUT2D eigenvalue weighted by atomic mass is 32.1.